The van der Waals surface area contributed by atoms with Crippen molar-refractivity contribution in [3.05, 3.63) is 34.6 Å². The molecule has 0 fully saturated rings. The first-order chi connectivity index (χ1) is 7.79. The lowest BCUT2D eigenvalue weighted by molar-refractivity contribution is 0.410. The fourth-order valence-electron chi connectivity index (χ4n) is 1.35. The summed E-state index contributed by atoms with van der Waals surface area (Å²) >= 11 is 3.43. The van der Waals surface area contributed by atoms with Crippen molar-refractivity contribution in [3.63, 3.8) is 0 Å². The maximum absolute atomic E-state index is 5.26. The summed E-state index contributed by atoms with van der Waals surface area (Å²) < 4.78 is 6.28. The van der Waals surface area contributed by atoms with Crippen LogP contribution in [0.1, 0.15) is 5.56 Å². The van der Waals surface area contributed by atoms with E-state index >= 15 is 0 Å². The fourth-order valence-corrected chi connectivity index (χ4v) is 1.76. The van der Waals surface area contributed by atoms with Crippen LogP contribution >= 0.6 is 15.9 Å². The number of H-pyrrole nitrogens is 1. The number of hydrogen-bond acceptors (Lipinski definition) is 4. The Morgan fingerprint density at radius 1 is 1.50 bits per heavy atom. The van der Waals surface area contributed by atoms with Crippen LogP contribution < -0.4 is 10.1 Å². The molecule has 0 aliphatic carbocycles. The number of halogens is 1. The molecule has 0 unspecified atom stereocenters. The normalized spacial score (nSPS) is 10.1. The molecule has 84 valence electrons. The predicted octanol–water partition coefficient (Wildman–Crippen LogP) is 2.19. The topological polar surface area (TPSA) is 62.8 Å². The smallest absolute Gasteiger partial charge is 0.218 e. The van der Waals surface area contributed by atoms with Crippen molar-refractivity contribution in [3.8, 4) is 5.75 Å². The minimum Gasteiger partial charge on any atom is -0.496 e. The second-order valence-electron chi connectivity index (χ2n) is 3.14. The van der Waals surface area contributed by atoms with Gasteiger partial charge in [0.05, 0.1) is 7.11 Å². The van der Waals surface area contributed by atoms with E-state index in [1.807, 2.05) is 18.2 Å². The van der Waals surface area contributed by atoms with E-state index in [-0.39, 0.29) is 0 Å². The lowest BCUT2D eigenvalue weighted by atomic mass is 10.2. The molecule has 0 atom stereocenters. The van der Waals surface area contributed by atoms with Crippen molar-refractivity contribution < 1.29 is 4.74 Å². The molecule has 2 aromatic rings. The standard InChI is InChI=1S/C10H11BrN4O/c1-16-9-3-2-8(11)4-7(9)5-12-10-13-6-14-15-10/h2-4,6H,5H2,1H3,(H2,12,13,14,15). The van der Waals surface area contributed by atoms with Gasteiger partial charge in [0.25, 0.3) is 0 Å². The van der Waals surface area contributed by atoms with E-state index in [1.54, 1.807) is 7.11 Å². The van der Waals surface area contributed by atoms with Gasteiger partial charge in [-0.15, -0.1) is 0 Å². The third-order valence-electron chi connectivity index (χ3n) is 2.10. The molecule has 0 amide bonds. The summed E-state index contributed by atoms with van der Waals surface area (Å²) in [5, 5.41) is 9.60. The lowest BCUT2D eigenvalue weighted by Crippen LogP contribution is -2.03. The molecule has 0 aliphatic rings. The van der Waals surface area contributed by atoms with Gasteiger partial charge in [-0.05, 0) is 18.2 Å². The molecule has 0 bridgehead atoms. The van der Waals surface area contributed by atoms with E-state index in [0.29, 0.717) is 12.5 Å². The summed E-state index contributed by atoms with van der Waals surface area (Å²) in [6, 6.07) is 5.86. The van der Waals surface area contributed by atoms with Crippen LogP contribution in [0.3, 0.4) is 0 Å². The van der Waals surface area contributed by atoms with Crippen molar-refractivity contribution in [1.29, 1.82) is 0 Å². The van der Waals surface area contributed by atoms with Crippen molar-refractivity contribution in [2.75, 3.05) is 12.4 Å². The lowest BCUT2D eigenvalue weighted by Gasteiger charge is -2.09. The number of ether oxygens (including phenoxy) is 1. The number of aromatic nitrogens is 3. The molecule has 6 heteroatoms. The first-order valence-electron chi connectivity index (χ1n) is 4.71. The zero-order chi connectivity index (χ0) is 11.4. The Morgan fingerprint density at radius 3 is 3.06 bits per heavy atom. The highest BCUT2D eigenvalue weighted by atomic mass is 79.9. The highest BCUT2D eigenvalue weighted by Gasteiger charge is 2.04. The van der Waals surface area contributed by atoms with Crippen molar-refractivity contribution >= 4 is 21.9 Å². The summed E-state index contributed by atoms with van der Waals surface area (Å²) in [4.78, 5) is 3.98. The van der Waals surface area contributed by atoms with Gasteiger partial charge in [-0.3, -0.25) is 0 Å². The van der Waals surface area contributed by atoms with E-state index < -0.39 is 0 Å². The van der Waals surface area contributed by atoms with E-state index in [9.17, 15) is 0 Å². The third-order valence-corrected chi connectivity index (χ3v) is 2.60. The average molecular weight is 283 g/mol. The van der Waals surface area contributed by atoms with E-state index in [0.717, 1.165) is 15.8 Å². The zero-order valence-electron chi connectivity index (χ0n) is 8.70. The second-order valence-corrected chi connectivity index (χ2v) is 4.06. The molecule has 1 aromatic carbocycles. The van der Waals surface area contributed by atoms with Gasteiger partial charge in [0.15, 0.2) is 0 Å². The van der Waals surface area contributed by atoms with Crippen LogP contribution in [0.5, 0.6) is 5.75 Å². The van der Waals surface area contributed by atoms with Gasteiger partial charge in [-0.1, -0.05) is 15.9 Å². The molecule has 16 heavy (non-hydrogen) atoms. The number of methoxy groups -OCH3 is 1. The highest BCUT2D eigenvalue weighted by molar-refractivity contribution is 9.10. The molecule has 0 saturated heterocycles. The summed E-state index contributed by atoms with van der Waals surface area (Å²) in [7, 11) is 1.65. The number of hydrogen-bond donors (Lipinski definition) is 2. The Labute approximate surface area is 101 Å². The van der Waals surface area contributed by atoms with E-state index in [4.69, 9.17) is 4.74 Å². The summed E-state index contributed by atoms with van der Waals surface area (Å²) in [6.45, 7) is 0.623. The van der Waals surface area contributed by atoms with Crippen LogP contribution in [0.2, 0.25) is 0 Å². The van der Waals surface area contributed by atoms with E-state index in [2.05, 4.69) is 36.4 Å². The third kappa shape index (κ3) is 2.52. The van der Waals surface area contributed by atoms with Crippen LogP contribution in [-0.2, 0) is 6.54 Å². The average Bonchev–Trinajstić information content (AvgIpc) is 2.79. The molecule has 0 aliphatic heterocycles. The first-order valence-corrected chi connectivity index (χ1v) is 5.50. The zero-order valence-corrected chi connectivity index (χ0v) is 10.3. The largest absolute Gasteiger partial charge is 0.496 e. The molecular formula is C10H11BrN4O. The minimum absolute atomic E-state index is 0.623. The Morgan fingerprint density at radius 2 is 2.38 bits per heavy atom. The van der Waals surface area contributed by atoms with Gasteiger partial charge in [0.2, 0.25) is 5.95 Å². The first kappa shape index (κ1) is 10.9. The molecule has 5 nitrogen and oxygen atoms in total. The Balaban J connectivity index is 2.11. The molecule has 1 aromatic heterocycles. The SMILES string of the molecule is COc1ccc(Br)cc1CNc1ncn[nH]1. The fraction of sp³-hybridized carbons (Fsp3) is 0.200. The van der Waals surface area contributed by atoms with Crippen LogP contribution in [0.15, 0.2) is 29.0 Å². The Hall–Kier alpha value is -1.56. The van der Waals surface area contributed by atoms with E-state index in [1.165, 1.54) is 6.33 Å². The number of rotatable bonds is 4. The summed E-state index contributed by atoms with van der Waals surface area (Å²) in [6.07, 6.45) is 1.46. The molecule has 2 N–H and O–H groups in total. The van der Waals surface area contributed by atoms with Crippen LogP contribution in [0.4, 0.5) is 5.95 Å². The Kier molecular flexibility index (Phi) is 3.40. The van der Waals surface area contributed by atoms with Gasteiger partial charge in [0.1, 0.15) is 12.1 Å². The predicted molar refractivity (Wildman–Crippen MR) is 64.4 cm³/mol. The molecular weight excluding hydrogens is 272 g/mol. The van der Waals surface area contributed by atoms with Crippen molar-refractivity contribution in [2.45, 2.75) is 6.54 Å². The number of nitrogens with zero attached hydrogens (tertiary/aromatic N) is 2. The second kappa shape index (κ2) is 4.98. The maximum Gasteiger partial charge on any atom is 0.218 e. The number of aromatic amines is 1. The maximum atomic E-state index is 5.26. The summed E-state index contributed by atoms with van der Waals surface area (Å²) in [5.41, 5.74) is 1.05. The number of benzene rings is 1. The summed E-state index contributed by atoms with van der Waals surface area (Å²) in [5.74, 6) is 1.48. The monoisotopic (exact) mass is 282 g/mol. The van der Waals surface area contributed by atoms with Crippen molar-refractivity contribution in [2.24, 2.45) is 0 Å². The molecule has 0 radical (unpaired) electrons. The minimum atomic E-state index is 0.623. The molecule has 2 rings (SSSR count). The van der Waals surface area contributed by atoms with Crippen LogP contribution in [-0.4, -0.2) is 22.3 Å². The van der Waals surface area contributed by atoms with Gasteiger partial charge < -0.3 is 10.1 Å². The molecule has 1 heterocycles. The molecule has 0 saturated carbocycles. The van der Waals surface area contributed by atoms with Gasteiger partial charge in [-0.2, -0.15) is 5.10 Å². The van der Waals surface area contributed by atoms with Gasteiger partial charge in [0, 0.05) is 16.6 Å². The molecule has 0 spiro atoms. The van der Waals surface area contributed by atoms with Crippen LogP contribution in [0, 0.1) is 0 Å². The number of nitrogens with one attached hydrogen (secondary N) is 2. The highest BCUT2D eigenvalue weighted by Crippen LogP contribution is 2.23. The van der Waals surface area contributed by atoms with Gasteiger partial charge in [-0.25, -0.2) is 10.1 Å². The quantitative estimate of drug-likeness (QED) is 0.902. The van der Waals surface area contributed by atoms with Crippen LogP contribution in [0.25, 0.3) is 0 Å². The number of anilines is 1. The Bertz CT molecular complexity index is 458. The van der Waals surface area contributed by atoms with Gasteiger partial charge >= 0.3 is 0 Å². The van der Waals surface area contributed by atoms with Crippen molar-refractivity contribution in [1.82, 2.24) is 15.2 Å².